The second-order valence-electron chi connectivity index (χ2n) is 7.08. The molecule has 2 atom stereocenters. The molecule has 0 bridgehead atoms. The van der Waals surface area contributed by atoms with Gasteiger partial charge in [-0.15, -0.1) is 0 Å². The Kier molecular flexibility index (Phi) is 8.00. The number of nitrogens with zero attached hydrogens (tertiary/aromatic N) is 1. The zero-order valence-corrected chi connectivity index (χ0v) is 15.6. The predicted molar refractivity (Wildman–Crippen MR) is 95.2 cm³/mol. The molecule has 1 saturated carbocycles. The molecule has 0 aromatic rings. The Hall–Kier alpha value is -1.99. The minimum atomic E-state index is -0.729. The maximum absolute atomic E-state index is 12.6. The third-order valence-electron chi connectivity index (χ3n) is 5.12. The van der Waals surface area contributed by atoms with Crippen LogP contribution < -0.4 is 11.1 Å². The maximum atomic E-state index is 12.6. The fourth-order valence-corrected chi connectivity index (χ4v) is 3.63. The van der Waals surface area contributed by atoms with Crippen LogP contribution >= 0.6 is 0 Å². The van der Waals surface area contributed by atoms with E-state index in [4.69, 9.17) is 15.2 Å². The van der Waals surface area contributed by atoms with E-state index >= 15 is 0 Å². The SMILES string of the molecule is CCCCOC(=O)NC(OC(=O)[C@@H]1CCCN1C(N)=O)C1CCCCC1. The molecule has 2 rings (SSSR count). The minimum absolute atomic E-state index is 0.0647. The molecule has 3 N–H and O–H groups in total. The van der Waals surface area contributed by atoms with Crippen molar-refractivity contribution in [2.24, 2.45) is 11.7 Å². The molecule has 1 aliphatic heterocycles. The van der Waals surface area contributed by atoms with Crippen molar-refractivity contribution in [2.75, 3.05) is 13.2 Å². The molecule has 2 aliphatic rings. The molecule has 1 unspecified atom stereocenters. The van der Waals surface area contributed by atoms with Gasteiger partial charge in [-0.2, -0.15) is 0 Å². The third kappa shape index (κ3) is 5.78. The summed E-state index contributed by atoms with van der Waals surface area (Å²) in [5.41, 5.74) is 5.34. The number of nitrogens with one attached hydrogen (secondary N) is 1. The number of primary amides is 1. The second-order valence-corrected chi connectivity index (χ2v) is 7.08. The first-order valence-electron chi connectivity index (χ1n) is 9.72. The van der Waals surface area contributed by atoms with E-state index in [1.54, 1.807) is 0 Å². The number of rotatable bonds is 7. The quantitative estimate of drug-likeness (QED) is 0.407. The number of esters is 1. The van der Waals surface area contributed by atoms with Crippen LogP contribution in [0.2, 0.25) is 0 Å². The summed E-state index contributed by atoms with van der Waals surface area (Å²) in [6, 6.07) is -1.29. The summed E-state index contributed by atoms with van der Waals surface area (Å²) >= 11 is 0. The van der Waals surface area contributed by atoms with E-state index in [2.05, 4.69) is 5.32 Å². The highest BCUT2D eigenvalue weighted by Crippen LogP contribution is 2.28. The minimum Gasteiger partial charge on any atom is -0.449 e. The molecule has 0 aromatic heterocycles. The zero-order valence-electron chi connectivity index (χ0n) is 15.6. The predicted octanol–water partition coefficient (Wildman–Crippen LogP) is 2.51. The average Bonchev–Trinajstić information content (AvgIpc) is 3.12. The lowest BCUT2D eigenvalue weighted by Gasteiger charge is -2.31. The number of carbonyl (C=O) groups is 3. The highest BCUT2D eigenvalue weighted by atomic mass is 16.6. The molecule has 2 fully saturated rings. The topological polar surface area (TPSA) is 111 Å². The van der Waals surface area contributed by atoms with Crippen LogP contribution in [0.1, 0.15) is 64.7 Å². The van der Waals surface area contributed by atoms with Gasteiger partial charge in [-0.1, -0.05) is 32.6 Å². The molecule has 1 aliphatic carbocycles. The highest BCUT2D eigenvalue weighted by Gasteiger charge is 2.37. The first kappa shape index (κ1) is 20.3. The van der Waals surface area contributed by atoms with E-state index in [1.807, 2.05) is 6.92 Å². The summed E-state index contributed by atoms with van der Waals surface area (Å²) in [7, 11) is 0. The number of nitrogens with two attached hydrogens (primary N) is 1. The number of alkyl carbamates (subject to hydrolysis) is 1. The van der Waals surface area contributed by atoms with Gasteiger partial charge >= 0.3 is 18.1 Å². The number of unbranched alkanes of at least 4 members (excludes halogenated alkanes) is 1. The van der Waals surface area contributed by atoms with Gasteiger partial charge in [-0.05, 0) is 32.1 Å². The molecule has 0 spiro atoms. The highest BCUT2D eigenvalue weighted by molar-refractivity contribution is 5.83. The van der Waals surface area contributed by atoms with Crippen LogP contribution in [0, 0.1) is 5.92 Å². The van der Waals surface area contributed by atoms with Crippen molar-refractivity contribution < 1.29 is 23.9 Å². The molecule has 3 amide bonds. The van der Waals surface area contributed by atoms with E-state index in [0.717, 1.165) is 44.9 Å². The zero-order chi connectivity index (χ0) is 18.9. The Balaban J connectivity index is 1.97. The normalized spacial score (nSPS) is 21.9. The third-order valence-corrected chi connectivity index (χ3v) is 5.12. The lowest BCUT2D eigenvalue weighted by atomic mass is 9.88. The van der Waals surface area contributed by atoms with E-state index in [9.17, 15) is 14.4 Å². The van der Waals surface area contributed by atoms with Crippen LogP contribution in [0.25, 0.3) is 0 Å². The van der Waals surface area contributed by atoms with Crippen molar-refractivity contribution >= 4 is 18.1 Å². The number of likely N-dealkylation sites (tertiary alicyclic amines) is 1. The number of hydrogen-bond donors (Lipinski definition) is 2. The van der Waals surface area contributed by atoms with Crippen molar-refractivity contribution in [3.05, 3.63) is 0 Å². The van der Waals surface area contributed by atoms with Crippen molar-refractivity contribution in [3.63, 3.8) is 0 Å². The number of amides is 3. The molecule has 0 radical (unpaired) electrons. The van der Waals surface area contributed by atoms with Crippen LogP contribution in [-0.2, 0) is 14.3 Å². The van der Waals surface area contributed by atoms with Gasteiger partial charge in [-0.25, -0.2) is 14.4 Å². The molecule has 8 heteroatoms. The van der Waals surface area contributed by atoms with E-state index in [1.165, 1.54) is 4.90 Å². The van der Waals surface area contributed by atoms with Crippen LogP contribution in [0.3, 0.4) is 0 Å². The van der Waals surface area contributed by atoms with Crippen LogP contribution in [0.4, 0.5) is 9.59 Å². The van der Waals surface area contributed by atoms with Crippen molar-refractivity contribution in [3.8, 4) is 0 Å². The standard InChI is InChI=1S/C18H31N3O5/c1-2-3-12-25-18(24)20-15(13-8-5-4-6-9-13)26-16(22)14-10-7-11-21(14)17(19)23/h13-15H,2-12H2,1H3,(H2,19,23)(H,20,24)/t14-,15?/m0/s1. The van der Waals surface area contributed by atoms with E-state index in [-0.39, 0.29) is 5.92 Å². The Bertz CT molecular complexity index is 493. The van der Waals surface area contributed by atoms with Crippen molar-refractivity contribution in [1.82, 2.24) is 10.2 Å². The first-order valence-corrected chi connectivity index (χ1v) is 9.72. The smallest absolute Gasteiger partial charge is 0.409 e. The molecule has 1 heterocycles. The monoisotopic (exact) mass is 369 g/mol. The van der Waals surface area contributed by atoms with Gasteiger partial charge in [0, 0.05) is 12.5 Å². The Morgan fingerprint density at radius 3 is 2.54 bits per heavy atom. The van der Waals surface area contributed by atoms with Gasteiger partial charge in [0.05, 0.1) is 6.61 Å². The summed E-state index contributed by atoms with van der Waals surface area (Å²) in [5, 5.41) is 2.71. The summed E-state index contributed by atoms with van der Waals surface area (Å²) in [4.78, 5) is 37.4. The molecule has 0 aromatic carbocycles. The molecule has 1 saturated heterocycles. The maximum Gasteiger partial charge on any atom is 0.409 e. The van der Waals surface area contributed by atoms with E-state index in [0.29, 0.717) is 26.0 Å². The molecule has 8 nitrogen and oxygen atoms in total. The number of ether oxygens (including phenoxy) is 2. The summed E-state index contributed by atoms with van der Waals surface area (Å²) in [5.74, 6) is -0.444. The Morgan fingerprint density at radius 2 is 1.88 bits per heavy atom. The van der Waals surface area contributed by atoms with Crippen molar-refractivity contribution in [1.29, 1.82) is 0 Å². The van der Waals surface area contributed by atoms with Crippen LogP contribution in [0.5, 0.6) is 0 Å². The van der Waals surface area contributed by atoms with Gasteiger partial charge in [0.15, 0.2) is 6.23 Å². The fourth-order valence-electron chi connectivity index (χ4n) is 3.63. The van der Waals surface area contributed by atoms with Gasteiger partial charge in [0.2, 0.25) is 0 Å². The lowest BCUT2D eigenvalue weighted by molar-refractivity contribution is -0.158. The number of carbonyl (C=O) groups excluding carboxylic acids is 3. The summed E-state index contributed by atoms with van der Waals surface area (Å²) < 4.78 is 10.8. The first-order chi connectivity index (χ1) is 12.5. The average molecular weight is 369 g/mol. The van der Waals surface area contributed by atoms with Crippen LogP contribution in [-0.4, -0.2) is 48.4 Å². The molecular weight excluding hydrogens is 338 g/mol. The van der Waals surface area contributed by atoms with Crippen LogP contribution in [0.15, 0.2) is 0 Å². The summed E-state index contributed by atoms with van der Waals surface area (Å²) in [6.07, 6.45) is 6.67. The van der Waals surface area contributed by atoms with Gasteiger partial charge in [0.25, 0.3) is 0 Å². The number of hydrogen-bond acceptors (Lipinski definition) is 5. The Morgan fingerprint density at radius 1 is 1.15 bits per heavy atom. The molecule has 148 valence electrons. The second kappa shape index (κ2) is 10.2. The molecule has 26 heavy (non-hydrogen) atoms. The molecular formula is C18H31N3O5. The fraction of sp³-hybridized carbons (Fsp3) is 0.833. The van der Waals surface area contributed by atoms with Gasteiger partial charge in [-0.3, -0.25) is 5.32 Å². The van der Waals surface area contributed by atoms with Gasteiger partial charge < -0.3 is 20.1 Å². The van der Waals surface area contributed by atoms with Crippen molar-refractivity contribution in [2.45, 2.75) is 77.0 Å². The Labute approximate surface area is 154 Å². The van der Waals surface area contributed by atoms with Gasteiger partial charge in [0.1, 0.15) is 6.04 Å². The van der Waals surface area contributed by atoms with E-state index < -0.39 is 30.4 Å². The largest absolute Gasteiger partial charge is 0.449 e. The summed E-state index contributed by atoms with van der Waals surface area (Å²) in [6.45, 7) is 2.81. The number of urea groups is 1. The lowest BCUT2D eigenvalue weighted by Crippen LogP contribution is -2.49.